The zero-order chi connectivity index (χ0) is 32.7. The van der Waals surface area contributed by atoms with E-state index >= 15 is 0 Å². The molecule has 2 N–H and O–H groups in total. The normalized spacial score (nSPS) is 10.9. The van der Waals surface area contributed by atoms with Gasteiger partial charge in [-0.15, -0.1) is 0 Å². The molecule has 0 aliphatic heterocycles. The van der Waals surface area contributed by atoms with Gasteiger partial charge in [0.2, 0.25) is 0 Å². The van der Waals surface area contributed by atoms with E-state index in [9.17, 15) is 0 Å². The van der Waals surface area contributed by atoms with Crippen molar-refractivity contribution >= 4 is 54.8 Å². The van der Waals surface area contributed by atoms with Gasteiger partial charge >= 0.3 is 0 Å². The fourth-order valence-electron chi connectivity index (χ4n) is 5.03. The number of nitrogens with zero attached hydrogens (tertiary/aromatic N) is 8. The van der Waals surface area contributed by atoms with Crippen molar-refractivity contribution in [2.75, 3.05) is 10.6 Å². The largest absolute Gasteiger partial charge is 0.366 e. The molecule has 0 unspecified atom stereocenters. The van der Waals surface area contributed by atoms with Crippen molar-refractivity contribution in [3.05, 3.63) is 154 Å². The Morgan fingerprint density at radius 1 is 0.521 bits per heavy atom. The lowest BCUT2D eigenvalue weighted by atomic mass is 10.1. The van der Waals surface area contributed by atoms with Gasteiger partial charge in [0, 0.05) is 61.1 Å². The van der Waals surface area contributed by atoms with Gasteiger partial charge in [0.05, 0.1) is 32.7 Å². The van der Waals surface area contributed by atoms with Crippen molar-refractivity contribution < 1.29 is 0 Å². The van der Waals surface area contributed by atoms with Gasteiger partial charge in [-0.05, 0) is 61.2 Å². The predicted octanol–water partition coefficient (Wildman–Crippen LogP) is 8.33. The molecule has 6 aromatic heterocycles. The number of aromatic nitrogens is 8. The number of hydrogen-bond donors (Lipinski definition) is 2. The van der Waals surface area contributed by atoms with Crippen molar-refractivity contribution in [1.29, 1.82) is 0 Å². The van der Waals surface area contributed by atoms with E-state index in [0.29, 0.717) is 13.1 Å². The van der Waals surface area contributed by atoms with Crippen molar-refractivity contribution in [3.63, 3.8) is 0 Å². The number of halogens is 2. The van der Waals surface area contributed by atoms with Crippen molar-refractivity contribution in [2.24, 2.45) is 0 Å². The second-order valence-corrected chi connectivity index (χ2v) is 12.4. The first-order valence-electron chi connectivity index (χ1n) is 15.1. The van der Waals surface area contributed by atoms with Gasteiger partial charge in [0.15, 0.2) is 11.3 Å². The Morgan fingerprint density at radius 2 is 1.04 bits per heavy atom. The summed E-state index contributed by atoms with van der Waals surface area (Å²) in [4.78, 5) is 17.6. The standard InChI is InChI=1S/2C18H14BrN5/c19-15-12-22-24-17(21-11-13-5-4-8-20-10-13)9-16(23-18(15)24)14-6-2-1-3-7-14;19-15-12-22-24-17(21-11-13-6-8-20-9-7-13)10-16(23-18(15)24)14-4-2-1-3-5-14/h2*1-10,12,21H,11H2. The van der Waals surface area contributed by atoms with Crippen molar-refractivity contribution in [1.82, 2.24) is 39.2 Å². The molecular weight excluding hydrogens is 732 g/mol. The number of benzene rings is 2. The average molecular weight is 760 g/mol. The monoisotopic (exact) mass is 758 g/mol. The highest BCUT2D eigenvalue weighted by atomic mass is 79.9. The van der Waals surface area contributed by atoms with Crippen molar-refractivity contribution in [3.8, 4) is 22.5 Å². The van der Waals surface area contributed by atoms with Crippen LogP contribution in [0.4, 0.5) is 11.6 Å². The molecule has 0 aliphatic carbocycles. The van der Waals surface area contributed by atoms with Gasteiger partial charge in [-0.3, -0.25) is 9.97 Å². The van der Waals surface area contributed by atoms with Crippen LogP contribution in [0.5, 0.6) is 0 Å². The maximum absolute atomic E-state index is 4.72. The van der Waals surface area contributed by atoms with E-state index in [1.54, 1.807) is 40.0 Å². The summed E-state index contributed by atoms with van der Waals surface area (Å²) in [5.74, 6) is 1.77. The van der Waals surface area contributed by atoms with Crippen LogP contribution in [-0.2, 0) is 13.1 Å². The van der Waals surface area contributed by atoms with Gasteiger partial charge in [-0.1, -0.05) is 66.7 Å². The van der Waals surface area contributed by atoms with Crippen LogP contribution in [0.15, 0.2) is 143 Å². The van der Waals surface area contributed by atoms with E-state index in [1.165, 1.54) is 0 Å². The van der Waals surface area contributed by atoms with Crippen molar-refractivity contribution in [2.45, 2.75) is 13.1 Å². The first-order valence-corrected chi connectivity index (χ1v) is 16.7. The van der Waals surface area contributed by atoms with Crippen LogP contribution in [0.1, 0.15) is 11.1 Å². The van der Waals surface area contributed by atoms with Gasteiger partial charge in [-0.25, -0.2) is 9.97 Å². The first kappa shape index (κ1) is 31.2. The van der Waals surface area contributed by atoms with Crippen LogP contribution in [0.3, 0.4) is 0 Å². The topological polar surface area (TPSA) is 110 Å². The molecule has 0 saturated heterocycles. The summed E-state index contributed by atoms with van der Waals surface area (Å²) < 4.78 is 5.34. The molecule has 12 heteroatoms. The number of pyridine rings is 2. The maximum Gasteiger partial charge on any atom is 0.172 e. The summed E-state index contributed by atoms with van der Waals surface area (Å²) in [7, 11) is 0. The molecule has 6 heterocycles. The lowest BCUT2D eigenvalue weighted by Gasteiger charge is -2.11. The Labute approximate surface area is 293 Å². The van der Waals surface area contributed by atoms with Crippen LogP contribution in [0.25, 0.3) is 33.8 Å². The number of anilines is 2. The maximum atomic E-state index is 4.72. The third kappa shape index (κ3) is 7.09. The molecule has 0 spiro atoms. The molecule has 8 aromatic rings. The zero-order valence-electron chi connectivity index (χ0n) is 25.4. The van der Waals surface area contributed by atoms with Crippen LogP contribution in [0.2, 0.25) is 0 Å². The predicted molar refractivity (Wildman–Crippen MR) is 195 cm³/mol. The molecule has 0 saturated carbocycles. The average Bonchev–Trinajstić information content (AvgIpc) is 3.73. The zero-order valence-corrected chi connectivity index (χ0v) is 28.6. The Bertz CT molecular complexity index is 2100. The molecule has 2 aromatic carbocycles. The summed E-state index contributed by atoms with van der Waals surface area (Å²) in [6.07, 6.45) is 10.7. The smallest absolute Gasteiger partial charge is 0.172 e. The van der Waals surface area contributed by atoms with Crippen LogP contribution in [-0.4, -0.2) is 39.2 Å². The minimum atomic E-state index is 0.665. The molecule has 236 valence electrons. The first-order chi connectivity index (χ1) is 23.6. The Hall–Kier alpha value is -5.46. The molecular formula is C36H28Br2N10. The summed E-state index contributed by atoms with van der Waals surface area (Å²) in [5.41, 5.74) is 7.77. The van der Waals surface area contributed by atoms with E-state index in [1.807, 2.05) is 91.1 Å². The minimum Gasteiger partial charge on any atom is -0.366 e. The fraction of sp³-hybridized carbons (Fsp3) is 0.0556. The minimum absolute atomic E-state index is 0.665. The number of rotatable bonds is 8. The van der Waals surface area contributed by atoms with Crippen LogP contribution < -0.4 is 10.6 Å². The quantitative estimate of drug-likeness (QED) is 0.159. The molecule has 8 rings (SSSR count). The van der Waals surface area contributed by atoms with E-state index in [-0.39, 0.29) is 0 Å². The lowest BCUT2D eigenvalue weighted by molar-refractivity contribution is 0.925. The highest BCUT2D eigenvalue weighted by molar-refractivity contribution is 9.11. The van der Waals surface area contributed by atoms with Gasteiger partial charge in [0.1, 0.15) is 11.6 Å². The molecule has 10 nitrogen and oxygen atoms in total. The molecule has 0 radical (unpaired) electrons. The highest BCUT2D eigenvalue weighted by Crippen LogP contribution is 2.27. The molecule has 0 fully saturated rings. The van der Waals surface area contributed by atoms with Crippen LogP contribution >= 0.6 is 31.9 Å². The van der Waals surface area contributed by atoms with Gasteiger partial charge in [-0.2, -0.15) is 19.2 Å². The van der Waals surface area contributed by atoms with Gasteiger partial charge < -0.3 is 10.6 Å². The second-order valence-electron chi connectivity index (χ2n) is 10.7. The highest BCUT2D eigenvalue weighted by Gasteiger charge is 2.13. The van der Waals surface area contributed by atoms with Crippen LogP contribution in [0, 0.1) is 0 Å². The molecule has 0 atom stereocenters. The SMILES string of the molecule is Brc1cnn2c(NCc3cccnc3)cc(-c3ccccc3)nc12.Brc1cnn2c(NCc3ccncc3)cc(-c3ccccc3)nc12. The fourth-order valence-corrected chi connectivity index (χ4v) is 5.72. The number of hydrogen-bond acceptors (Lipinski definition) is 8. The van der Waals surface area contributed by atoms with E-state index in [2.05, 4.69) is 74.8 Å². The lowest BCUT2D eigenvalue weighted by Crippen LogP contribution is -2.06. The third-order valence-corrected chi connectivity index (χ3v) is 8.53. The Balaban J connectivity index is 0.000000152. The summed E-state index contributed by atoms with van der Waals surface area (Å²) in [6.45, 7) is 1.35. The summed E-state index contributed by atoms with van der Waals surface area (Å²) >= 11 is 7.04. The number of nitrogens with one attached hydrogen (secondary N) is 2. The Morgan fingerprint density at radius 3 is 1.54 bits per heavy atom. The summed E-state index contributed by atoms with van der Waals surface area (Å²) in [6, 6.07) is 32.2. The number of fused-ring (bicyclic) bond motifs is 2. The van der Waals surface area contributed by atoms with E-state index in [4.69, 9.17) is 9.97 Å². The van der Waals surface area contributed by atoms with Gasteiger partial charge in [0.25, 0.3) is 0 Å². The second kappa shape index (κ2) is 14.5. The third-order valence-electron chi connectivity index (χ3n) is 7.42. The Kier molecular flexibility index (Phi) is 9.43. The molecule has 48 heavy (non-hydrogen) atoms. The molecule has 0 amide bonds. The van der Waals surface area contributed by atoms with E-state index < -0.39 is 0 Å². The molecule has 0 aliphatic rings. The molecule has 0 bridgehead atoms. The summed E-state index contributed by atoms with van der Waals surface area (Å²) in [5, 5.41) is 15.7. The van der Waals surface area contributed by atoms with E-state index in [0.717, 1.165) is 65.5 Å².